The fraction of sp³-hybridized carbons (Fsp3) is 0.929. The molecule has 0 amide bonds. The molecule has 0 aromatic heterocycles. The second kappa shape index (κ2) is 7.62. The summed E-state index contributed by atoms with van der Waals surface area (Å²) in [6, 6.07) is 1.47. The van der Waals surface area contributed by atoms with Gasteiger partial charge in [0.2, 0.25) is 0 Å². The molecule has 0 saturated heterocycles. The molecule has 18 heavy (non-hydrogen) atoms. The molecule has 1 saturated carbocycles. The first-order chi connectivity index (χ1) is 8.54. The summed E-state index contributed by atoms with van der Waals surface area (Å²) >= 11 is 0. The van der Waals surface area contributed by atoms with Gasteiger partial charge >= 0.3 is 0 Å². The van der Waals surface area contributed by atoms with Crippen molar-refractivity contribution in [1.82, 2.24) is 15.5 Å². The van der Waals surface area contributed by atoms with Crippen molar-refractivity contribution in [3.05, 3.63) is 0 Å². The summed E-state index contributed by atoms with van der Waals surface area (Å²) in [6.07, 6.45) is 2.75. The quantitative estimate of drug-likeness (QED) is 0.536. The van der Waals surface area contributed by atoms with E-state index >= 15 is 0 Å². The van der Waals surface area contributed by atoms with E-state index in [-0.39, 0.29) is 0 Å². The molecule has 1 aliphatic carbocycles. The van der Waals surface area contributed by atoms with Gasteiger partial charge in [-0.15, -0.1) is 0 Å². The molecule has 1 rings (SSSR count). The maximum Gasteiger partial charge on any atom is 0.191 e. The minimum atomic E-state index is 0.641. The summed E-state index contributed by atoms with van der Waals surface area (Å²) in [6.45, 7) is 12.0. The van der Waals surface area contributed by atoms with Gasteiger partial charge in [0.25, 0.3) is 0 Å². The summed E-state index contributed by atoms with van der Waals surface area (Å²) in [5, 5.41) is 6.73. The first-order valence-electron chi connectivity index (χ1n) is 7.24. The number of hydrogen-bond acceptors (Lipinski definition) is 2. The van der Waals surface area contributed by atoms with E-state index in [9.17, 15) is 0 Å². The van der Waals surface area contributed by atoms with Crippen LogP contribution in [0, 0.1) is 5.92 Å². The molecule has 0 spiro atoms. The van der Waals surface area contributed by atoms with Crippen LogP contribution in [0.3, 0.4) is 0 Å². The van der Waals surface area contributed by atoms with Gasteiger partial charge in [0, 0.05) is 38.8 Å². The molecule has 0 bridgehead atoms. The Morgan fingerprint density at radius 2 is 1.89 bits per heavy atom. The molecule has 0 unspecified atom stereocenters. The molecular formula is C14H30N4. The highest BCUT2D eigenvalue weighted by molar-refractivity contribution is 5.79. The second-order valence-corrected chi connectivity index (χ2v) is 5.84. The average molecular weight is 254 g/mol. The zero-order chi connectivity index (χ0) is 13.5. The van der Waals surface area contributed by atoms with E-state index in [1.54, 1.807) is 0 Å². The van der Waals surface area contributed by atoms with Crippen molar-refractivity contribution in [2.45, 2.75) is 52.6 Å². The Kier molecular flexibility index (Phi) is 6.47. The van der Waals surface area contributed by atoms with Gasteiger partial charge in [0.1, 0.15) is 0 Å². The maximum atomic E-state index is 4.24. The van der Waals surface area contributed by atoms with E-state index in [0.717, 1.165) is 31.6 Å². The van der Waals surface area contributed by atoms with Crippen LogP contribution in [0.4, 0.5) is 0 Å². The molecule has 4 heteroatoms. The van der Waals surface area contributed by atoms with Gasteiger partial charge in [-0.1, -0.05) is 13.8 Å². The highest BCUT2D eigenvalue weighted by Crippen LogP contribution is 2.27. The lowest BCUT2D eigenvalue weighted by Gasteiger charge is -2.26. The van der Waals surface area contributed by atoms with Crippen molar-refractivity contribution >= 4 is 5.96 Å². The maximum absolute atomic E-state index is 4.24. The van der Waals surface area contributed by atoms with Gasteiger partial charge in [0.05, 0.1) is 0 Å². The Bertz CT molecular complexity index is 255. The van der Waals surface area contributed by atoms with E-state index in [2.05, 4.69) is 48.2 Å². The number of hydrogen-bond donors (Lipinski definition) is 2. The molecule has 2 N–H and O–H groups in total. The van der Waals surface area contributed by atoms with Crippen molar-refractivity contribution in [2.24, 2.45) is 10.9 Å². The summed E-state index contributed by atoms with van der Waals surface area (Å²) in [4.78, 5) is 6.82. The SMILES string of the molecule is CN=C(NCCN(C(C)C)C1CC1)NCC(C)C. The lowest BCUT2D eigenvalue weighted by Crippen LogP contribution is -2.44. The third-order valence-electron chi connectivity index (χ3n) is 3.24. The van der Waals surface area contributed by atoms with Crippen molar-refractivity contribution < 1.29 is 0 Å². The largest absolute Gasteiger partial charge is 0.356 e. The predicted octanol–water partition coefficient (Wildman–Crippen LogP) is 1.68. The first-order valence-corrected chi connectivity index (χ1v) is 7.24. The predicted molar refractivity (Wildman–Crippen MR) is 79.1 cm³/mol. The Hall–Kier alpha value is -0.770. The van der Waals surface area contributed by atoms with Crippen molar-refractivity contribution in [3.63, 3.8) is 0 Å². The van der Waals surface area contributed by atoms with Crippen LogP contribution in [0.15, 0.2) is 4.99 Å². The van der Waals surface area contributed by atoms with Crippen LogP contribution >= 0.6 is 0 Å². The Morgan fingerprint density at radius 3 is 2.33 bits per heavy atom. The number of guanidine groups is 1. The van der Waals surface area contributed by atoms with E-state index in [1.807, 2.05) is 7.05 Å². The summed E-state index contributed by atoms with van der Waals surface area (Å²) in [7, 11) is 1.83. The molecule has 0 atom stereocenters. The van der Waals surface area contributed by atoms with Gasteiger partial charge in [-0.3, -0.25) is 9.89 Å². The smallest absolute Gasteiger partial charge is 0.191 e. The number of nitrogens with zero attached hydrogens (tertiary/aromatic N) is 2. The Morgan fingerprint density at radius 1 is 1.22 bits per heavy atom. The van der Waals surface area contributed by atoms with Crippen LogP contribution in [-0.2, 0) is 0 Å². The number of rotatable bonds is 7. The van der Waals surface area contributed by atoms with Gasteiger partial charge in [-0.25, -0.2) is 0 Å². The van der Waals surface area contributed by atoms with Gasteiger partial charge < -0.3 is 10.6 Å². The number of aliphatic imine (C=N–C) groups is 1. The Labute approximate surface area is 112 Å². The lowest BCUT2D eigenvalue weighted by atomic mass is 10.2. The topological polar surface area (TPSA) is 39.7 Å². The van der Waals surface area contributed by atoms with Crippen LogP contribution in [0.25, 0.3) is 0 Å². The fourth-order valence-electron chi connectivity index (χ4n) is 2.09. The lowest BCUT2D eigenvalue weighted by molar-refractivity contribution is 0.215. The zero-order valence-electron chi connectivity index (χ0n) is 12.7. The second-order valence-electron chi connectivity index (χ2n) is 5.84. The molecule has 0 heterocycles. The van der Waals surface area contributed by atoms with Crippen LogP contribution in [0.5, 0.6) is 0 Å². The highest BCUT2D eigenvalue weighted by atomic mass is 15.2. The minimum Gasteiger partial charge on any atom is -0.356 e. The van der Waals surface area contributed by atoms with Crippen LogP contribution in [-0.4, -0.2) is 49.6 Å². The van der Waals surface area contributed by atoms with Crippen molar-refractivity contribution in [1.29, 1.82) is 0 Å². The van der Waals surface area contributed by atoms with Gasteiger partial charge in [0.15, 0.2) is 5.96 Å². The summed E-state index contributed by atoms with van der Waals surface area (Å²) in [5.41, 5.74) is 0. The van der Waals surface area contributed by atoms with E-state index in [0.29, 0.717) is 12.0 Å². The minimum absolute atomic E-state index is 0.641. The van der Waals surface area contributed by atoms with E-state index in [4.69, 9.17) is 0 Å². The monoisotopic (exact) mass is 254 g/mol. The standard InChI is InChI=1S/C14H30N4/c1-11(2)10-17-14(15-5)16-8-9-18(12(3)4)13-6-7-13/h11-13H,6-10H2,1-5H3,(H2,15,16,17). The van der Waals surface area contributed by atoms with Crippen LogP contribution in [0.2, 0.25) is 0 Å². The highest BCUT2D eigenvalue weighted by Gasteiger charge is 2.29. The molecule has 1 aliphatic rings. The van der Waals surface area contributed by atoms with Gasteiger partial charge in [-0.05, 0) is 32.6 Å². The van der Waals surface area contributed by atoms with Crippen LogP contribution < -0.4 is 10.6 Å². The molecule has 0 aromatic rings. The summed E-state index contributed by atoms with van der Waals surface area (Å²) in [5.74, 6) is 1.56. The molecule has 0 radical (unpaired) electrons. The molecule has 0 aromatic carbocycles. The molecule has 1 fully saturated rings. The molecular weight excluding hydrogens is 224 g/mol. The fourth-order valence-corrected chi connectivity index (χ4v) is 2.09. The number of nitrogens with one attached hydrogen (secondary N) is 2. The third kappa shape index (κ3) is 5.71. The average Bonchev–Trinajstić information content (AvgIpc) is 3.11. The molecule has 106 valence electrons. The van der Waals surface area contributed by atoms with Crippen molar-refractivity contribution in [2.75, 3.05) is 26.7 Å². The Balaban J connectivity index is 2.21. The van der Waals surface area contributed by atoms with Crippen LogP contribution in [0.1, 0.15) is 40.5 Å². The normalized spacial score (nSPS) is 16.8. The van der Waals surface area contributed by atoms with E-state index in [1.165, 1.54) is 12.8 Å². The molecule has 4 nitrogen and oxygen atoms in total. The zero-order valence-corrected chi connectivity index (χ0v) is 12.7. The first kappa shape index (κ1) is 15.3. The third-order valence-corrected chi connectivity index (χ3v) is 3.24. The van der Waals surface area contributed by atoms with Crippen molar-refractivity contribution in [3.8, 4) is 0 Å². The van der Waals surface area contributed by atoms with E-state index < -0.39 is 0 Å². The summed E-state index contributed by atoms with van der Waals surface area (Å²) < 4.78 is 0. The van der Waals surface area contributed by atoms with Gasteiger partial charge in [-0.2, -0.15) is 0 Å². The molecule has 0 aliphatic heterocycles.